The first-order chi connectivity index (χ1) is 19.6. The summed E-state index contributed by atoms with van der Waals surface area (Å²) in [4.78, 5) is 28.7. The molecule has 0 saturated heterocycles. The Morgan fingerprint density at radius 1 is 0.976 bits per heavy atom. The number of nitrogens with one attached hydrogen (secondary N) is 1. The Morgan fingerprint density at radius 2 is 1.63 bits per heavy atom. The van der Waals surface area contributed by atoms with Crippen LogP contribution in [0.1, 0.15) is 44.2 Å². The molecule has 3 rings (SSSR count). The monoisotopic (exact) mass is 583 g/mol. The van der Waals surface area contributed by atoms with E-state index in [0.717, 1.165) is 40.4 Å². The summed E-state index contributed by atoms with van der Waals surface area (Å²) in [6.07, 6.45) is 2.03. The Morgan fingerprint density at radius 3 is 2.22 bits per heavy atom. The number of unbranched alkanes of at least 4 members (excludes halogenated alkanes) is 1. The van der Waals surface area contributed by atoms with Crippen molar-refractivity contribution in [1.29, 1.82) is 0 Å². The van der Waals surface area contributed by atoms with Crippen LogP contribution in [0.25, 0.3) is 0 Å². The Hall–Kier alpha value is -3.92. The lowest BCUT2D eigenvalue weighted by Crippen LogP contribution is -2.52. The summed E-state index contributed by atoms with van der Waals surface area (Å²) in [5, 5.41) is 2.91. The highest BCUT2D eigenvalue weighted by atomic mass is 32.2. The van der Waals surface area contributed by atoms with Gasteiger partial charge in [0, 0.05) is 13.1 Å². The zero-order chi connectivity index (χ0) is 30.0. The van der Waals surface area contributed by atoms with E-state index in [1.807, 2.05) is 45.0 Å². The average molecular weight is 584 g/mol. The quantitative estimate of drug-likeness (QED) is 0.268. The molecule has 0 aliphatic carbocycles. The van der Waals surface area contributed by atoms with E-state index in [1.54, 1.807) is 0 Å². The van der Waals surface area contributed by atoms with Crippen molar-refractivity contribution in [3.05, 3.63) is 89.7 Å². The van der Waals surface area contributed by atoms with Gasteiger partial charge in [-0.2, -0.15) is 0 Å². The smallest absolute Gasteiger partial charge is 0.264 e. The van der Waals surface area contributed by atoms with Crippen molar-refractivity contribution in [3.8, 4) is 5.75 Å². The number of anilines is 1. The van der Waals surface area contributed by atoms with E-state index in [-0.39, 0.29) is 23.0 Å². The van der Waals surface area contributed by atoms with Gasteiger partial charge in [0.1, 0.15) is 24.2 Å². The predicted octanol–water partition coefficient (Wildman–Crippen LogP) is 5.06. The zero-order valence-electron chi connectivity index (χ0n) is 24.0. The van der Waals surface area contributed by atoms with Crippen molar-refractivity contribution < 1.29 is 27.1 Å². The molecule has 0 bridgehead atoms. The molecule has 2 amide bonds. The van der Waals surface area contributed by atoms with Crippen LogP contribution in [0.2, 0.25) is 0 Å². The van der Waals surface area contributed by atoms with E-state index in [1.165, 1.54) is 48.4 Å². The SMILES string of the molecule is CCCCNC(=O)[C@H](CC)N(Cc1ccccc1C)C(=O)CN(c1ccc(F)cc1)S(=O)(=O)c1ccc(OC)cc1. The summed E-state index contributed by atoms with van der Waals surface area (Å²) in [5.41, 5.74) is 1.90. The molecule has 0 unspecified atom stereocenters. The second kappa shape index (κ2) is 14.6. The average Bonchev–Trinajstić information content (AvgIpc) is 2.97. The molecule has 0 aromatic heterocycles. The van der Waals surface area contributed by atoms with Crippen LogP contribution in [0.3, 0.4) is 0 Å². The third-order valence-corrected chi connectivity index (χ3v) is 8.65. The molecule has 0 aliphatic heterocycles. The first kappa shape index (κ1) is 31.6. The minimum absolute atomic E-state index is 0.0646. The molecule has 3 aromatic rings. The van der Waals surface area contributed by atoms with E-state index >= 15 is 0 Å². The highest BCUT2D eigenvalue weighted by molar-refractivity contribution is 7.92. The number of sulfonamides is 1. The molecule has 220 valence electrons. The van der Waals surface area contributed by atoms with Crippen molar-refractivity contribution in [1.82, 2.24) is 10.2 Å². The van der Waals surface area contributed by atoms with Crippen LogP contribution in [0.5, 0.6) is 5.75 Å². The van der Waals surface area contributed by atoms with Crippen molar-refractivity contribution in [2.24, 2.45) is 0 Å². The summed E-state index contributed by atoms with van der Waals surface area (Å²) < 4.78 is 47.6. The first-order valence-electron chi connectivity index (χ1n) is 13.7. The van der Waals surface area contributed by atoms with E-state index in [0.29, 0.717) is 18.7 Å². The number of hydrogen-bond donors (Lipinski definition) is 1. The van der Waals surface area contributed by atoms with Crippen LogP contribution in [0.4, 0.5) is 10.1 Å². The number of amides is 2. The van der Waals surface area contributed by atoms with Gasteiger partial charge < -0.3 is 15.0 Å². The summed E-state index contributed by atoms with van der Waals surface area (Å²) in [6.45, 7) is 5.75. The number of benzene rings is 3. The Labute approximate surface area is 242 Å². The fourth-order valence-electron chi connectivity index (χ4n) is 4.41. The fraction of sp³-hybridized carbons (Fsp3) is 0.355. The summed E-state index contributed by atoms with van der Waals surface area (Å²) in [7, 11) is -2.79. The lowest BCUT2D eigenvalue weighted by atomic mass is 10.1. The van der Waals surface area contributed by atoms with E-state index in [4.69, 9.17) is 4.74 Å². The second-order valence-corrected chi connectivity index (χ2v) is 11.5. The molecular weight excluding hydrogens is 545 g/mol. The number of hydrogen-bond acceptors (Lipinski definition) is 5. The van der Waals surface area contributed by atoms with Crippen LogP contribution in [-0.4, -0.2) is 51.4 Å². The van der Waals surface area contributed by atoms with E-state index in [9.17, 15) is 22.4 Å². The van der Waals surface area contributed by atoms with Gasteiger partial charge in [0.25, 0.3) is 10.0 Å². The fourth-order valence-corrected chi connectivity index (χ4v) is 5.82. The first-order valence-corrected chi connectivity index (χ1v) is 15.1. The van der Waals surface area contributed by atoms with Crippen molar-refractivity contribution >= 4 is 27.5 Å². The number of carbonyl (C=O) groups is 2. The lowest BCUT2D eigenvalue weighted by molar-refractivity contribution is -0.140. The van der Waals surface area contributed by atoms with Crippen LogP contribution < -0.4 is 14.4 Å². The molecule has 0 spiro atoms. The van der Waals surface area contributed by atoms with Gasteiger partial charge >= 0.3 is 0 Å². The van der Waals surface area contributed by atoms with Gasteiger partial charge in [0.2, 0.25) is 11.8 Å². The van der Waals surface area contributed by atoms with Gasteiger partial charge in [-0.3, -0.25) is 13.9 Å². The molecule has 10 heteroatoms. The lowest BCUT2D eigenvalue weighted by Gasteiger charge is -2.33. The van der Waals surface area contributed by atoms with Crippen LogP contribution in [0, 0.1) is 12.7 Å². The molecule has 0 radical (unpaired) electrons. The maximum Gasteiger partial charge on any atom is 0.264 e. The van der Waals surface area contributed by atoms with Gasteiger partial charge in [-0.25, -0.2) is 12.8 Å². The standard InChI is InChI=1S/C31H38FN3O5S/c1-5-7-20-33-31(37)29(6-2)34(21-24-11-9-8-10-23(24)3)30(36)22-35(26-14-12-25(32)13-15-26)41(38,39)28-18-16-27(40-4)17-19-28/h8-19,29H,5-7,20-22H2,1-4H3,(H,33,37)/t29-/m0/s1. The molecule has 0 fully saturated rings. The minimum atomic E-state index is -4.26. The number of nitrogens with zero attached hydrogens (tertiary/aromatic N) is 2. The predicted molar refractivity (Wildman–Crippen MR) is 158 cm³/mol. The number of aryl methyl sites for hydroxylation is 1. The second-order valence-electron chi connectivity index (χ2n) is 9.68. The van der Waals surface area contributed by atoms with E-state index < -0.39 is 34.3 Å². The summed E-state index contributed by atoms with van der Waals surface area (Å²) in [6, 6.07) is 17.4. The Balaban J connectivity index is 2.04. The molecule has 8 nitrogen and oxygen atoms in total. The van der Waals surface area contributed by atoms with Gasteiger partial charge in [0.15, 0.2) is 0 Å². The van der Waals surface area contributed by atoms with Crippen molar-refractivity contribution in [3.63, 3.8) is 0 Å². The maximum absolute atomic E-state index is 14.1. The molecule has 1 atom stereocenters. The molecule has 0 saturated carbocycles. The number of carbonyl (C=O) groups excluding carboxylic acids is 2. The third-order valence-electron chi connectivity index (χ3n) is 6.86. The van der Waals surface area contributed by atoms with Gasteiger partial charge in [-0.15, -0.1) is 0 Å². The van der Waals surface area contributed by atoms with Crippen LogP contribution in [0.15, 0.2) is 77.7 Å². The molecule has 3 aromatic carbocycles. The van der Waals surface area contributed by atoms with Gasteiger partial charge in [0.05, 0.1) is 17.7 Å². The molecule has 41 heavy (non-hydrogen) atoms. The molecular formula is C31H38FN3O5S. The Bertz CT molecular complexity index is 1410. The largest absolute Gasteiger partial charge is 0.497 e. The number of ether oxygens (including phenoxy) is 1. The van der Waals surface area contributed by atoms with Crippen molar-refractivity contribution in [2.45, 2.75) is 57.5 Å². The third kappa shape index (κ3) is 8.07. The molecule has 0 heterocycles. The summed E-state index contributed by atoms with van der Waals surface area (Å²) in [5.74, 6) is -0.933. The number of methoxy groups -OCH3 is 1. The van der Waals surface area contributed by atoms with Gasteiger partial charge in [-0.05, 0) is 79.4 Å². The van der Waals surface area contributed by atoms with Crippen molar-refractivity contribution in [2.75, 3.05) is 24.5 Å². The van der Waals surface area contributed by atoms with E-state index in [2.05, 4.69) is 5.32 Å². The highest BCUT2D eigenvalue weighted by Crippen LogP contribution is 2.26. The van der Waals surface area contributed by atoms with Crippen LogP contribution >= 0.6 is 0 Å². The summed E-state index contributed by atoms with van der Waals surface area (Å²) >= 11 is 0. The number of halogens is 1. The minimum Gasteiger partial charge on any atom is -0.497 e. The Kier molecular flexibility index (Phi) is 11.3. The normalized spacial score (nSPS) is 11.9. The molecule has 0 aliphatic rings. The topological polar surface area (TPSA) is 96.0 Å². The zero-order valence-corrected chi connectivity index (χ0v) is 24.8. The van der Waals surface area contributed by atoms with Crippen LogP contribution in [-0.2, 0) is 26.2 Å². The number of rotatable bonds is 14. The molecule has 1 N–H and O–H groups in total. The maximum atomic E-state index is 14.1. The van der Waals surface area contributed by atoms with Gasteiger partial charge in [-0.1, -0.05) is 44.5 Å². The highest BCUT2D eigenvalue weighted by Gasteiger charge is 2.33.